The van der Waals surface area contributed by atoms with E-state index in [1.807, 2.05) is 13.0 Å². The Bertz CT molecular complexity index is 174. The number of rotatable bonds is 1. The topological polar surface area (TPSA) is 29.1 Å². The molecule has 0 aromatic rings. The number of nitrogens with one attached hydrogen (secondary N) is 1. The van der Waals surface area contributed by atoms with Crippen molar-refractivity contribution in [3.05, 3.63) is 11.8 Å². The summed E-state index contributed by atoms with van der Waals surface area (Å²) in [6, 6.07) is 0. The van der Waals surface area contributed by atoms with Crippen LogP contribution in [0, 0.1) is 5.41 Å². The van der Waals surface area contributed by atoms with Gasteiger partial charge in [-0.25, -0.2) is 0 Å². The van der Waals surface area contributed by atoms with Crippen molar-refractivity contribution in [2.75, 3.05) is 0 Å². The Hall–Kier alpha value is -0.790. The molecule has 0 fully saturated rings. The van der Waals surface area contributed by atoms with E-state index in [2.05, 4.69) is 26.1 Å². The van der Waals surface area contributed by atoms with Gasteiger partial charge in [-0.15, -0.1) is 0 Å². The molecule has 0 saturated carbocycles. The van der Waals surface area contributed by atoms with Crippen LogP contribution in [0.2, 0.25) is 0 Å². The van der Waals surface area contributed by atoms with E-state index < -0.39 is 0 Å². The Labute approximate surface area is 68.7 Å². The van der Waals surface area contributed by atoms with Crippen molar-refractivity contribution in [2.24, 2.45) is 5.41 Å². The zero-order valence-electron chi connectivity index (χ0n) is 7.99. The Kier molecular flexibility index (Phi) is 3.30. The summed E-state index contributed by atoms with van der Waals surface area (Å²) in [5.41, 5.74) is 1.01. The van der Waals surface area contributed by atoms with E-state index >= 15 is 0 Å². The van der Waals surface area contributed by atoms with Gasteiger partial charge in [-0.2, -0.15) is 0 Å². The molecule has 64 valence electrons. The van der Waals surface area contributed by atoms with E-state index in [9.17, 15) is 4.79 Å². The van der Waals surface area contributed by atoms with Crippen LogP contribution in [0.5, 0.6) is 0 Å². The molecule has 0 aliphatic heterocycles. The molecule has 0 unspecified atom stereocenters. The second-order valence-electron chi connectivity index (χ2n) is 3.63. The molecule has 0 spiro atoms. The average molecular weight is 155 g/mol. The van der Waals surface area contributed by atoms with Crippen molar-refractivity contribution in [1.29, 1.82) is 0 Å². The summed E-state index contributed by atoms with van der Waals surface area (Å²) in [6.07, 6.45) is 1.93. The summed E-state index contributed by atoms with van der Waals surface area (Å²) >= 11 is 0. The van der Waals surface area contributed by atoms with Crippen molar-refractivity contribution in [3.8, 4) is 0 Å². The van der Waals surface area contributed by atoms with Gasteiger partial charge in [-0.05, 0) is 6.92 Å². The minimum atomic E-state index is -0.00646. The molecule has 0 saturated heterocycles. The van der Waals surface area contributed by atoms with Gasteiger partial charge in [-0.3, -0.25) is 4.79 Å². The molecule has 2 heteroatoms. The first-order valence-corrected chi connectivity index (χ1v) is 3.82. The third kappa shape index (κ3) is 3.81. The fourth-order valence-corrected chi connectivity index (χ4v) is 0.882. The molecule has 0 bridgehead atoms. The molecule has 0 aliphatic carbocycles. The average Bonchev–Trinajstić information content (AvgIpc) is 1.79. The van der Waals surface area contributed by atoms with Crippen LogP contribution in [0.4, 0.5) is 0 Å². The standard InChI is InChI=1S/C9H17NO/c1-6-8(9(3,4)5)10-7(2)11/h6H,1-5H3,(H,10,11)/b8-6-. The van der Waals surface area contributed by atoms with Crippen LogP contribution in [-0.4, -0.2) is 5.91 Å². The van der Waals surface area contributed by atoms with Gasteiger partial charge < -0.3 is 5.32 Å². The molecule has 11 heavy (non-hydrogen) atoms. The van der Waals surface area contributed by atoms with E-state index in [0.717, 1.165) is 5.70 Å². The van der Waals surface area contributed by atoms with Gasteiger partial charge in [-0.1, -0.05) is 26.8 Å². The SMILES string of the molecule is C/C=C(\NC(C)=O)C(C)(C)C. The summed E-state index contributed by atoms with van der Waals surface area (Å²) in [7, 11) is 0. The lowest BCUT2D eigenvalue weighted by atomic mass is 9.91. The van der Waals surface area contributed by atoms with Crippen LogP contribution in [-0.2, 0) is 4.79 Å². The molecule has 0 aromatic carbocycles. The molecule has 0 radical (unpaired) electrons. The minimum absolute atomic E-state index is 0.00646. The van der Waals surface area contributed by atoms with Crippen molar-refractivity contribution in [2.45, 2.75) is 34.6 Å². The highest BCUT2D eigenvalue weighted by atomic mass is 16.1. The summed E-state index contributed by atoms with van der Waals surface area (Å²) in [4.78, 5) is 10.7. The number of allylic oxidation sites excluding steroid dienone is 2. The molecule has 0 rings (SSSR count). The zero-order chi connectivity index (χ0) is 9.07. The highest BCUT2D eigenvalue weighted by molar-refractivity contribution is 5.75. The molecule has 0 aliphatic rings. The van der Waals surface area contributed by atoms with E-state index in [4.69, 9.17) is 0 Å². The van der Waals surface area contributed by atoms with Crippen LogP contribution >= 0.6 is 0 Å². The van der Waals surface area contributed by atoms with E-state index in [0.29, 0.717) is 0 Å². The second-order valence-corrected chi connectivity index (χ2v) is 3.63. The quantitative estimate of drug-likeness (QED) is 0.617. The van der Waals surface area contributed by atoms with Gasteiger partial charge in [0.1, 0.15) is 0 Å². The summed E-state index contributed by atoms with van der Waals surface area (Å²) < 4.78 is 0. The maximum absolute atomic E-state index is 10.7. The third-order valence-corrected chi connectivity index (χ3v) is 1.41. The molecular weight excluding hydrogens is 138 g/mol. The van der Waals surface area contributed by atoms with Gasteiger partial charge in [0.15, 0.2) is 0 Å². The molecule has 1 amide bonds. The molecular formula is C9H17NO. The van der Waals surface area contributed by atoms with Gasteiger partial charge in [0.25, 0.3) is 0 Å². The third-order valence-electron chi connectivity index (χ3n) is 1.41. The predicted octanol–water partition coefficient (Wildman–Crippen LogP) is 2.07. The van der Waals surface area contributed by atoms with E-state index in [1.54, 1.807) is 0 Å². The lowest BCUT2D eigenvalue weighted by molar-refractivity contribution is -0.118. The maximum Gasteiger partial charge on any atom is 0.221 e. The summed E-state index contributed by atoms with van der Waals surface area (Å²) in [5.74, 6) is -0.00646. The highest BCUT2D eigenvalue weighted by Crippen LogP contribution is 2.22. The Balaban J connectivity index is 4.33. The summed E-state index contributed by atoms with van der Waals surface area (Å²) in [5, 5.41) is 2.79. The molecule has 0 heterocycles. The maximum atomic E-state index is 10.7. The Morgan fingerprint density at radius 3 is 1.91 bits per heavy atom. The first-order valence-electron chi connectivity index (χ1n) is 3.82. The van der Waals surface area contributed by atoms with E-state index in [1.165, 1.54) is 6.92 Å². The monoisotopic (exact) mass is 155 g/mol. The Morgan fingerprint density at radius 2 is 1.82 bits per heavy atom. The van der Waals surface area contributed by atoms with Gasteiger partial charge in [0, 0.05) is 18.0 Å². The van der Waals surface area contributed by atoms with Crippen LogP contribution in [0.15, 0.2) is 11.8 Å². The first-order chi connectivity index (χ1) is 4.88. The number of hydrogen-bond donors (Lipinski definition) is 1. The van der Waals surface area contributed by atoms with Crippen LogP contribution in [0.25, 0.3) is 0 Å². The summed E-state index contributed by atoms with van der Waals surface area (Å²) in [6.45, 7) is 9.65. The second kappa shape index (κ2) is 3.56. The number of amides is 1. The van der Waals surface area contributed by atoms with E-state index in [-0.39, 0.29) is 11.3 Å². The lowest BCUT2D eigenvalue weighted by Crippen LogP contribution is -2.27. The number of carbonyl (C=O) groups is 1. The van der Waals surface area contributed by atoms with Crippen LogP contribution < -0.4 is 5.32 Å². The smallest absolute Gasteiger partial charge is 0.221 e. The largest absolute Gasteiger partial charge is 0.330 e. The molecule has 2 nitrogen and oxygen atoms in total. The lowest BCUT2D eigenvalue weighted by Gasteiger charge is -2.22. The number of carbonyl (C=O) groups excluding carboxylic acids is 1. The fourth-order valence-electron chi connectivity index (χ4n) is 0.882. The van der Waals surface area contributed by atoms with Crippen molar-refractivity contribution in [3.63, 3.8) is 0 Å². The van der Waals surface area contributed by atoms with Gasteiger partial charge in [0.05, 0.1) is 0 Å². The van der Waals surface area contributed by atoms with Crippen molar-refractivity contribution >= 4 is 5.91 Å². The Morgan fingerprint density at radius 1 is 1.36 bits per heavy atom. The van der Waals surface area contributed by atoms with Gasteiger partial charge >= 0.3 is 0 Å². The fraction of sp³-hybridized carbons (Fsp3) is 0.667. The van der Waals surface area contributed by atoms with Gasteiger partial charge in [0.2, 0.25) is 5.91 Å². The molecule has 0 atom stereocenters. The first kappa shape index (κ1) is 10.2. The minimum Gasteiger partial charge on any atom is -0.330 e. The van der Waals surface area contributed by atoms with Crippen LogP contribution in [0.1, 0.15) is 34.6 Å². The number of hydrogen-bond acceptors (Lipinski definition) is 1. The predicted molar refractivity (Wildman–Crippen MR) is 47.0 cm³/mol. The highest BCUT2D eigenvalue weighted by Gasteiger charge is 2.16. The van der Waals surface area contributed by atoms with Crippen LogP contribution in [0.3, 0.4) is 0 Å². The molecule has 1 N–H and O–H groups in total. The van der Waals surface area contributed by atoms with Crippen molar-refractivity contribution < 1.29 is 4.79 Å². The molecule has 0 aromatic heterocycles. The zero-order valence-corrected chi connectivity index (χ0v) is 7.99. The van der Waals surface area contributed by atoms with Crippen molar-refractivity contribution in [1.82, 2.24) is 5.32 Å². The normalized spacial score (nSPS) is 13.0.